The molecule has 1 aliphatic heterocycles. The molecule has 1 N–H and O–H groups in total. The highest BCUT2D eigenvalue weighted by Gasteiger charge is 2.36. The average molecular weight is 270 g/mol. The third-order valence-electron chi connectivity index (χ3n) is 4.12. The minimum Gasteiger partial charge on any atom is -0.338 e. The summed E-state index contributed by atoms with van der Waals surface area (Å²) in [5, 5.41) is 4.11. The van der Waals surface area contributed by atoms with Gasteiger partial charge in [-0.15, -0.1) is 0 Å². The summed E-state index contributed by atoms with van der Waals surface area (Å²) in [5.74, 6) is 1.56. The number of likely N-dealkylation sites (tertiary alicyclic amines) is 1. The van der Waals surface area contributed by atoms with Crippen LogP contribution in [0.15, 0.2) is 0 Å². The summed E-state index contributed by atoms with van der Waals surface area (Å²) in [6.45, 7) is 6.18. The van der Waals surface area contributed by atoms with Gasteiger partial charge < -0.3 is 10.2 Å². The molecule has 104 valence electrons. The molecule has 0 aromatic carbocycles. The quantitative estimate of drug-likeness (QED) is 0.832. The Morgan fingerprint density at radius 3 is 2.89 bits per heavy atom. The van der Waals surface area contributed by atoms with Crippen LogP contribution in [0.3, 0.4) is 0 Å². The van der Waals surface area contributed by atoms with Crippen LogP contribution in [0, 0.1) is 0 Å². The van der Waals surface area contributed by atoms with Crippen molar-refractivity contribution in [2.45, 2.75) is 63.3 Å². The molecule has 3 atom stereocenters. The van der Waals surface area contributed by atoms with Gasteiger partial charge in [-0.2, -0.15) is 11.8 Å². The van der Waals surface area contributed by atoms with E-state index < -0.39 is 0 Å². The number of nitrogens with zero attached hydrogens (tertiary/aromatic N) is 1. The van der Waals surface area contributed by atoms with E-state index in [1.165, 1.54) is 25.0 Å². The zero-order valence-corrected chi connectivity index (χ0v) is 12.5. The Hall–Kier alpha value is -0.220. The summed E-state index contributed by atoms with van der Waals surface area (Å²) < 4.78 is 0. The summed E-state index contributed by atoms with van der Waals surface area (Å²) in [6, 6.07) is 0.602. The molecule has 0 spiro atoms. The predicted molar refractivity (Wildman–Crippen MR) is 78.0 cm³/mol. The van der Waals surface area contributed by atoms with Crippen molar-refractivity contribution in [3.05, 3.63) is 0 Å². The van der Waals surface area contributed by atoms with E-state index in [-0.39, 0.29) is 6.04 Å². The van der Waals surface area contributed by atoms with Crippen LogP contribution in [0.25, 0.3) is 0 Å². The Bertz CT molecular complexity index is 283. The average Bonchev–Trinajstić information content (AvgIpc) is 2.81. The smallest absolute Gasteiger partial charge is 0.239 e. The number of amides is 1. The van der Waals surface area contributed by atoms with Gasteiger partial charge in [-0.25, -0.2) is 0 Å². The first kappa shape index (κ1) is 14.2. The van der Waals surface area contributed by atoms with Crippen molar-refractivity contribution < 1.29 is 4.79 Å². The van der Waals surface area contributed by atoms with Gasteiger partial charge in [-0.05, 0) is 44.4 Å². The number of carbonyl (C=O) groups excluding carboxylic acids is 1. The molecule has 0 aromatic heterocycles. The minimum atomic E-state index is 0.0848. The highest BCUT2D eigenvalue weighted by Crippen LogP contribution is 2.34. The van der Waals surface area contributed by atoms with Crippen molar-refractivity contribution >= 4 is 17.7 Å². The fraction of sp³-hybridized carbons (Fsp3) is 0.929. The molecule has 1 heterocycles. The van der Waals surface area contributed by atoms with E-state index in [0.29, 0.717) is 11.9 Å². The topological polar surface area (TPSA) is 32.3 Å². The zero-order chi connectivity index (χ0) is 13.0. The molecular formula is C14H26N2OS. The number of hydrogen-bond acceptors (Lipinski definition) is 3. The molecule has 2 aliphatic rings. The summed E-state index contributed by atoms with van der Waals surface area (Å²) in [4.78, 5) is 14.6. The molecule has 3 nitrogen and oxygen atoms in total. The van der Waals surface area contributed by atoms with Crippen LogP contribution in [0.4, 0.5) is 0 Å². The number of nitrogens with one attached hydrogen (secondary N) is 1. The number of thioether (sulfide) groups is 1. The number of likely N-dealkylation sites (N-methyl/N-ethyl adjacent to an activating group) is 1. The normalized spacial score (nSPS) is 33.1. The lowest BCUT2D eigenvalue weighted by Crippen LogP contribution is -2.53. The lowest BCUT2D eigenvalue weighted by atomic mass is 10.0. The monoisotopic (exact) mass is 270 g/mol. The molecule has 2 rings (SSSR count). The highest BCUT2D eigenvalue weighted by atomic mass is 32.2. The SMILES string of the molecule is CCNC1CCCN(C2CCC(SCC)C2)C1=O. The van der Waals surface area contributed by atoms with Crippen molar-refractivity contribution in [3.8, 4) is 0 Å². The summed E-state index contributed by atoms with van der Waals surface area (Å²) in [7, 11) is 0. The predicted octanol–water partition coefficient (Wildman–Crippen LogP) is 2.26. The van der Waals surface area contributed by atoms with Crippen LogP contribution in [0.1, 0.15) is 46.0 Å². The van der Waals surface area contributed by atoms with Crippen LogP contribution in [0.5, 0.6) is 0 Å². The molecule has 1 amide bonds. The molecule has 2 fully saturated rings. The van der Waals surface area contributed by atoms with Crippen LogP contribution >= 0.6 is 11.8 Å². The van der Waals surface area contributed by atoms with E-state index in [4.69, 9.17) is 0 Å². The van der Waals surface area contributed by atoms with Crippen LogP contribution in [0.2, 0.25) is 0 Å². The second-order valence-electron chi connectivity index (χ2n) is 5.33. The van der Waals surface area contributed by atoms with Crippen LogP contribution in [-0.4, -0.2) is 47.0 Å². The largest absolute Gasteiger partial charge is 0.338 e. The first-order valence-electron chi connectivity index (χ1n) is 7.41. The summed E-state index contributed by atoms with van der Waals surface area (Å²) >= 11 is 2.07. The molecule has 18 heavy (non-hydrogen) atoms. The molecule has 0 bridgehead atoms. The fourth-order valence-electron chi connectivity index (χ4n) is 3.29. The van der Waals surface area contributed by atoms with E-state index in [9.17, 15) is 4.79 Å². The zero-order valence-electron chi connectivity index (χ0n) is 11.7. The van der Waals surface area contributed by atoms with Crippen molar-refractivity contribution in [1.29, 1.82) is 0 Å². The van der Waals surface area contributed by atoms with Crippen molar-refractivity contribution in [2.75, 3.05) is 18.8 Å². The van der Waals surface area contributed by atoms with E-state index in [1.807, 2.05) is 0 Å². The Labute approximate surface area is 115 Å². The fourth-order valence-corrected chi connectivity index (χ4v) is 4.42. The Morgan fingerprint density at radius 1 is 1.33 bits per heavy atom. The number of piperidine rings is 1. The van der Waals surface area contributed by atoms with E-state index in [1.54, 1.807) is 0 Å². The van der Waals surface area contributed by atoms with Gasteiger partial charge in [0.25, 0.3) is 0 Å². The van der Waals surface area contributed by atoms with E-state index in [2.05, 4.69) is 35.8 Å². The Balaban J connectivity index is 1.90. The van der Waals surface area contributed by atoms with Gasteiger partial charge in [-0.3, -0.25) is 4.79 Å². The third kappa shape index (κ3) is 3.21. The van der Waals surface area contributed by atoms with Crippen LogP contribution in [-0.2, 0) is 4.79 Å². The van der Waals surface area contributed by atoms with Crippen molar-refractivity contribution in [3.63, 3.8) is 0 Å². The lowest BCUT2D eigenvalue weighted by molar-refractivity contribution is -0.138. The number of rotatable bonds is 5. The van der Waals surface area contributed by atoms with Crippen LogP contribution < -0.4 is 5.32 Å². The van der Waals surface area contributed by atoms with Gasteiger partial charge in [0, 0.05) is 17.8 Å². The summed E-state index contributed by atoms with van der Waals surface area (Å²) in [5.41, 5.74) is 0. The Morgan fingerprint density at radius 2 is 2.17 bits per heavy atom. The number of carbonyl (C=O) groups is 1. The molecule has 0 radical (unpaired) electrons. The molecule has 1 saturated carbocycles. The van der Waals surface area contributed by atoms with Crippen molar-refractivity contribution in [2.24, 2.45) is 0 Å². The van der Waals surface area contributed by atoms with Crippen molar-refractivity contribution in [1.82, 2.24) is 10.2 Å². The molecule has 1 saturated heterocycles. The second kappa shape index (κ2) is 6.80. The van der Waals surface area contributed by atoms with Gasteiger partial charge >= 0.3 is 0 Å². The molecular weight excluding hydrogens is 244 g/mol. The minimum absolute atomic E-state index is 0.0848. The van der Waals surface area contributed by atoms with Gasteiger partial charge in [0.1, 0.15) is 0 Å². The standard InChI is InChI=1S/C14H26N2OS/c1-3-15-13-6-5-9-16(14(13)17)11-7-8-12(10-11)18-4-2/h11-13,15H,3-10H2,1-2H3. The summed E-state index contributed by atoms with van der Waals surface area (Å²) in [6.07, 6.45) is 5.89. The van der Waals surface area contributed by atoms with Gasteiger partial charge in [-0.1, -0.05) is 13.8 Å². The maximum absolute atomic E-state index is 12.4. The molecule has 0 aromatic rings. The first-order valence-corrected chi connectivity index (χ1v) is 8.46. The second-order valence-corrected chi connectivity index (χ2v) is 6.91. The molecule has 4 heteroatoms. The maximum atomic E-state index is 12.4. The highest BCUT2D eigenvalue weighted by molar-refractivity contribution is 7.99. The lowest BCUT2D eigenvalue weighted by Gasteiger charge is -2.37. The van der Waals surface area contributed by atoms with E-state index >= 15 is 0 Å². The Kier molecular flexibility index (Phi) is 5.37. The van der Waals surface area contributed by atoms with Gasteiger partial charge in [0.15, 0.2) is 0 Å². The van der Waals surface area contributed by atoms with Gasteiger partial charge in [0.05, 0.1) is 6.04 Å². The third-order valence-corrected chi connectivity index (χ3v) is 5.36. The first-order chi connectivity index (χ1) is 8.76. The van der Waals surface area contributed by atoms with E-state index in [0.717, 1.165) is 31.2 Å². The number of hydrogen-bond donors (Lipinski definition) is 1. The molecule has 1 aliphatic carbocycles. The van der Waals surface area contributed by atoms with Gasteiger partial charge in [0.2, 0.25) is 5.91 Å². The molecule has 3 unspecified atom stereocenters. The maximum Gasteiger partial charge on any atom is 0.239 e.